The van der Waals surface area contributed by atoms with Gasteiger partial charge in [-0.25, -0.2) is 0 Å². The van der Waals surface area contributed by atoms with Crippen molar-refractivity contribution in [2.24, 2.45) is 0 Å². The lowest BCUT2D eigenvalue weighted by Gasteiger charge is -2.11. The fourth-order valence-electron chi connectivity index (χ4n) is 1.82. The predicted octanol–water partition coefficient (Wildman–Crippen LogP) is 2.77. The van der Waals surface area contributed by atoms with Crippen LogP contribution in [-0.2, 0) is 13.2 Å². The minimum absolute atomic E-state index is 0.0445. The van der Waals surface area contributed by atoms with E-state index in [1.165, 1.54) is 16.7 Å². The second kappa shape index (κ2) is 5.65. The summed E-state index contributed by atoms with van der Waals surface area (Å²) in [5.74, 6) is 0.717. The Labute approximate surface area is 107 Å². The van der Waals surface area contributed by atoms with Crippen LogP contribution in [0.2, 0.25) is 0 Å². The van der Waals surface area contributed by atoms with Crippen molar-refractivity contribution in [3.63, 3.8) is 0 Å². The Balaban J connectivity index is 2.06. The number of aliphatic hydroxyl groups excluding tert-OH is 1. The largest absolute Gasteiger partial charge is 0.487 e. The first-order valence-electron chi connectivity index (χ1n) is 5.94. The van der Waals surface area contributed by atoms with Crippen molar-refractivity contribution >= 4 is 0 Å². The van der Waals surface area contributed by atoms with Crippen molar-refractivity contribution in [1.82, 2.24) is 4.98 Å². The Morgan fingerprint density at radius 1 is 1.11 bits per heavy atom. The molecule has 0 saturated carbocycles. The predicted molar refractivity (Wildman–Crippen MR) is 70.4 cm³/mol. The van der Waals surface area contributed by atoms with Crippen LogP contribution in [0, 0.1) is 13.8 Å². The Hall–Kier alpha value is -1.87. The normalized spacial score (nSPS) is 10.4. The van der Waals surface area contributed by atoms with Crippen LogP contribution in [0.3, 0.4) is 0 Å². The lowest BCUT2D eigenvalue weighted by atomic mass is 10.0. The molecule has 0 aliphatic carbocycles. The van der Waals surface area contributed by atoms with E-state index in [2.05, 4.69) is 31.0 Å². The first-order chi connectivity index (χ1) is 8.70. The number of rotatable bonds is 4. The van der Waals surface area contributed by atoms with Crippen molar-refractivity contribution in [2.45, 2.75) is 27.1 Å². The summed E-state index contributed by atoms with van der Waals surface area (Å²) >= 11 is 0. The molecule has 3 nitrogen and oxygen atoms in total. The van der Waals surface area contributed by atoms with E-state index >= 15 is 0 Å². The average Bonchev–Trinajstić information content (AvgIpc) is 2.39. The Morgan fingerprint density at radius 2 is 1.83 bits per heavy atom. The zero-order valence-corrected chi connectivity index (χ0v) is 10.7. The number of nitrogens with zero attached hydrogens (tertiary/aromatic N) is 1. The highest BCUT2D eigenvalue weighted by molar-refractivity contribution is 5.33. The maximum Gasteiger partial charge on any atom is 0.138 e. The summed E-state index contributed by atoms with van der Waals surface area (Å²) in [7, 11) is 0. The molecule has 0 unspecified atom stereocenters. The van der Waals surface area contributed by atoms with Crippen LogP contribution in [0.15, 0.2) is 36.5 Å². The fourth-order valence-corrected chi connectivity index (χ4v) is 1.82. The monoisotopic (exact) mass is 243 g/mol. The van der Waals surface area contributed by atoms with Gasteiger partial charge in [-0.3, -0.25) is 4.98 Å². The van der Waals surface area contributed by atoms with Crippen LogP contribution in [0.25, 0.3) is 0 Å². The lowest BCUT2D eigenvalue weighted by Crippen LogP contribution is -2.01. The van der Waals surface area contributed by atoms with E-state index in [-0.39, 0.29) is 6.61 Å². The third-order valence-electron chi connectivity index (χ3n) is 2.99. The molecular weight excluding hydrogens is 226 g/mol. The summed E-state index contributed by atoms with van der Waals surface area (Å²) in [4.78, 5) is 4.08. The first-order valence-corrected chi connectivity index (χ1v) is 5.94. The fraction of sp³-hybridized carbons (Fsp3) is 0.267. The van der Waals surface area contributed by atoms with Gasteiger partial charge in [0.25, 0.3) is 0 Å². The molecule has 0 bridgehead atoms. The zero-order chi connectivity index (χ0) is 13.0. The molecule has 1 heterocycles. The van der Waals surface area contributed by atoms with Gasteiger partial charge in [0.2, 0.25) is 0 Å². The molecule has 2 rings (SSSR count). The van der Waals surface area contributed by atoms with Gasteiger partial charge >= 0.3 is 0 Å². The molecule has 0 fully saturated rings. The number of hydrogen-bond donors (Lipinski definition) is 1. The molecule has 1 N–H and O–H groups in total. The van der Waals surface area contributed by atoms with Gasteiger partial charge in [-0.15, -0.1) is 0 Å². The molecule has 1 aromatic heterocycles. The van der Waals surface area contributed by atoms with Crippen molar-refractivity contribution < 1.29 is 9.84 Å². The lowest BCUT2D eigenvalue weighted by molar-refractivity contribution is 0.275. The molecule has 0 spiro atoms. The van der Waals surface area contributed by atoms with E-state index in [0.29, 0.717) is 12.3 Å². The van der Waals surface area contributed by atoms with E-state index in [1.807, 2.05) is 12.1 Å². The molecule has 3 heteroatoms. The summed E-state index contributed by atoms with van der Waals surface area (Å²) in [5.41, 5.74) is 4.32. The number of aromatic nitrogens is 1. The van der Waals surface area contributed by atoms with Crippen LogP contribution in [0.5, 0.6) is 5.75 Å². The highest BCUT2D eigenvalue weighted by atomic mass is 16.5. The minimum atomic E-state index is -0.0445. The molecule has 0 saturated heterocycles. The van der Waals surface area contributed by atoms with Gasteiger partial charge in [0.15, 0.2) is 0 Å². The van der Waals surface area contributed by atoms with Crippen LogP contribution in [-0.4, -0.2) is 10.1 Å². The van der Waals surface area contributed by atoms with E-state index < -0.39 is 0 Å². The molecule has 0 atom stereocenters. The van der Waals surface area contributed by atoms with E-state index in [9.17, 15) is 0 Å². The van der Waals surface area contributed by atoms with Crippen molar-refractivity contribution in [2.75, 3.05) is 0 Å². The zero-order valence-electron chi connectivity index (χ0n) is 10.7. The molecule has 0 aliphatic heterocycles. The van der Waals surface area contributed by atoms with Crippen LogP contribution in [0.1, 0.15) is 22.4 Å². The van der Waals surface area contributed by atoms with E-state index in [1.54, 1.807) is 12.3 Å². The van der Waals surface area contributed by atoms with Gasteiger partial charge < -0.3 is 9.84 Å². The highest BCUT2D eigenvalue weighted by Crippen LogP contribution is 2.17. The Bertz CT molecular complexity index is 500. The van der Waals surface area contributed by atoms with Crippen LogP contribution in [0.4, 0.5) is 0 Å². The van der Waals surface area contributed by atoms with Gasteiger partial charge in [0, 0.05) is 0 Å². The molecule has 1 aromatic carbocycles. The van der Waals surface area contributed by atoms with Crippen molar-refractivity contribution in [3.05, 3.63) is 58.9 Å². The van der Waals surface area contributed by atoms with Crippen LogP contribution < -0.4 is 4.74 Å². The molecule has 94 valence electrons. The topological polar surface area (TPSA) is 42.4 Å². The number of aliphatic hydroxyl groups is 1. The quantitative estimate of drug-likeness (QED) is 0.897. The third-order valence-corrected chi connectivity index (χ3v) is 2.99. The maximum absolute atomic E-state index is 8.91. The second-order valence-corrected chi connectivity index (χ2v) is 4.30. The van der Waals surface area contributed by atoms with Gasteiger partial charge in [-0.2, -0.15) is 0 Å². The molecule has 0 aliphatic rings. The number of benzene rings is 1. The number of pyridine rings is 1. The van der Waals surface area contributed by atoms with Gasteiger partial charge in [-0.05, 0) is 42.7 Å². The first kappa shape index (κ1) is 12.6. The number of ether oxygens (including phenoxy) is 1. The SMILES string of the molecule is Cc1cccc(C)c1COc1ccc(CO)nc1. The Morgan fingerprint density at radius 3 is 2.39 bits per heavy atom. The summed E-state index contributed by atoms with van der Waals surface area (Å²) < 4.78 is 5.71. The number of hydrogen-bond acceptors (Lipinski definition) is 3. The smallest absolute Gasteiger partial charge is 0.138 e. The van der Waals surface area contributed by atoms with Gasteiger partial charge in [0.1, 0.15) is 12.4 Å². The summed E-state index contributed by atoms with van der Waals surface area (Å²) in [6.45, 7) is 4.66. The molecule has 18 heavy (non-hydrogen) atoms. The molecule has 0 radical (unpaired) electrons. The van der Waals surface area contributed by atoms with E-state index in [4.69, 9.17) is 9.84 Å². The van der Waals surface area contributed by atoms with Gasteiger partial charge in [0.05, 0.1) is 18.5 Å². The maximum atomic E-state index is 8.91. The van der Waals surface area contributed by atoms with Gasteiger partial charge in [-0.1, -0.05) is 18.2 Å². The average molecular weight is 243 g/mol. The third kappa shape index (κ3) is 2.87. The molecular formula is C15H17NO2. The van der Waals surface area contributed by atoms with Crippen molar-refractivity contribution in [1.29, 1.82) is 0 Å². The summed E-state index contributed by atoms with van der Waals surface area (Å²) in [6, 6.07) is 9.80. The highest BCUT2D eigenvalue weighted by Gasteiger charge is 2.03. The molecule has 0 amide bonds. The summed E-state index contributed by atoms with van der Waals surface area (Å²) in [5, 5.41) is 8.91. The second-order valence-electron chi connectivity index (χ2n) is 4.30. The standard InChI is InChI=1S/C15H17NO2/c1-11-4-3-5-12(2)15(11)10-18-14-7-6-13(9-17)16-8-14/h3-8,17H,9-10H2,1-2H3. The molecule has 2 aromatic rings. The van der Waals surface area contributed by atoms with Crippen LogP contribution >= 0.6 is 0 Å². The van der Waals surface area contributed by atoms with Crippen molar-refractivity contribution in [3.8, 4) is 5.75 Å². The summed E-state index contributed by atoms with van der Waals surface area (Å²) in [6.07, 6.45) is 1.64. The van der Waals surface area contributed by atoms with E-state index in [0.717, 1.165) is 5.75 Å². The minimum Gasteiger partial charge on any atom is -0.487 e. The number of aryl methyl sites for hydroxylation is 2. The Kier molecular flexibility index (Phi) is 3.95.